The number of carbonyl (C=O) groups excluding carboxylic acids is 1. The second-order valence-corrected chi connectivity index (χ2v) is 5.99. The van der Waals surface area contributed by atoms with Gasteiger partial charge in [0.1, 0.15) is 11.6 Å². The Morgan fingerprint density at radius 2 is 2.06 bits per heavy atom. The Morgan fingerprint density at radius 1 is 1.29 bits per heavy atom. The molecule has 2 aliphatic rings. The van der Waals surface area contributed by atoms with E-state index >= 15 is 0 Å². The van der Waals surface area contributed by atoms with E-state index in [4.69, 9.17) is 9.47 Å². The van der Waals surface area contributed by atoms with Crippen LogP contribution in [-0.4, -0.2) is 36.4 Å². The van der Waals surface area contributed by atoms with Gasteiger partial charge < -0.3 is 9.47 Å². The van der Waals surface area contributed by atoms with Gasteiger partial charge in [-0.15, -0.1) is 0 Å². The summed E-state index contributed by atoms with van der Waals surface area (Å²) >= 11 is 0. The fraction of sp³-hybridized carbons (Fsp3) is 0.923. The van der Waals surface area contributed by atoms with Crippen molar-refractivity contribution < 1.29 is 14.3 Å². The van der Waals surface area contributed by atoms with Crippen molar-refractivity contribution in [2.75, 3.05) is 6.61 Å². The number of hydrogen-bond donors (Lipinski definition) is 1. The molecule has 98 valence electrons. The lowest BCUT2D eigenvalue weighted by Gasteiger charge is -2.23. The molecule has 4 heteroatoms. The lowest BCUT2D eigenvalue weighted by molar-refractivity contribution is -0.157. The zero-order valence-electron chi connectivity index (χ0n) is 11.0. The maximum Gasteiger partial charge on any atom is 0.323 e. The lowest BCUT2D eigenvalue weighted by Crippen LogP contribution is -2.43. The molecule has 0 aromatic heterocycles. The molecule has 2 fully saturated rings. The summed E-state index contributed by atoms with van der Waals surface area (Å²) in [6.07, 6.45) is 4.41. The van der Waals surface area contributed by atoms with Crippen LogP contribution >= 0.6 is 0 Å². The number of nitrogens with one attached hydrogen (secondary N) is 1. The van der Waals surface area contributed by atoms with Crippen molar-refractivity contribution in [3.63, 3.8) is 0 Å². The maximum absolute atomic E-state index is 11.9. The molecule has 3 unspecified atom stereocenters. The van der Waals surface area contributed by atoms with Crippen molar-refractivity contribution >= 4 is 5.97 Å². The summed E-state index contributed by atoms with van der Waals surface area (Å²) in [5.74, 6) is -0.127. The van der Waals surface area contributed by atoms with Crippen LogP contribution in [0, 0.1) is 0 Å². The molecule has 0 aromatic carbocycles. The quantitative estimate of drug-likeness (QED) is 0.746. The van der Waals surface area contributed by atoms with Crippen LogP contribution in [0.1, 0.15) is 46.5 Å². The van der Waals surface area contributed by atoms with E-state index in [1.165, 1.54) is 0 Å². The normalized spacial score (nSPS) is 33.9. The van der Waals surface area contributed by atoms with Gasteiger partial charge in [-0.1, -0.05) is 0 Å². The van der Waals surface area contributed by atoms with Gasteiger partial charge in [0, 0.05) is 12.6 Å². The average Bonchev–Trinajstić information content (AvgIpc) is 2.86. The van der Waals surface area contributed by atoms with Crippen LogP contribution in [0.3, 0.4) is 0 Å². The first-order valence-corrected chi connectivity index (χ1v) is 6.56. The number of carbonyl (C=O) groups is 1. The van der Waals surface area contributed by atoms with Gasteiger partial charge >= 0.3 is 5.97 Å². The highest BCUT2D eigenvalue weighted by atomic mass is 16.6. The van der Waals surface area contributed by atoms with Gasteiger partial charge in [-0.2, -0.15) is 0 Å². The Hall–Kier alpha value is -0.610. The van der Waals surface area contributed by atoms with Crippen molar-refractivity contribution in [3.05, 3.63) is 0 Å². The van der Waals surface area contributed by atoms with Crippen molar-refractivity contribution in [2.24, 2.45) is 0 Å². The van der Waals surface area contributed by atoms with Crippen LogP contribution in [0.25, 0.3) is 0 Å². The Labute approximate surface area is 103 Å². The number of esters is 1. The molecule has 17 heavy (non-hydrogen) atoms. The topological polar surface area (TPSA) is 47.6 Å². The van der Waals surface area contributed by atoms with Crippen molar-refractivity contribution in [2.45, 2.75) is 70.2 Å². The number of ether oxygens (including phenoxy) is 2. The summed E-state index contributed by atoms with van der Waals surface area (Å²) in [4.78, 5) is 11.9. The minimum absolute atomic E-state index is 0.127. The summed E-state index contributed by atoms with van der Waals surface area (Å²) in [5, 5.41) is 3.36. The third-order valence-corrected chi connectivity index (χ3v) is 3.29. The van der Waals surface area contributed by atoms with E-state index in [0.29, 0.717) is 12.1 Å². The summed E-state index contributed by atoms with van der Waals surface area (Å²) in [6, 6.07) is 0.179. The predicted octanol–water partition coefficient (Wildman–Crippen LogP) is 1.63. The molecule has 2 saturated heterocycles. The monoisotopic (exact) mass is 241 g/mol. The fourth-order valence-corrected chi connectivity index (χ4v) is 2.54. The standard InChI is InChI=1S/C13H23NO3/c1-13(2,3)17-12(15)10-7-6-9(14-10)11-5-4-8-16-11/h9-11,14H,4-8H2,1-3H3. The molecule has 0 aliphatic carbocycles. The molecule has 0 saturated carbocycles. The van der Waals surface area contributed by atoms with E-state index in [1.807, 2.05) is 20.8 Å². The van der Waals surface area contributed by atoms with Gasteiger partial charge in [-0.25, -0.2) is 0 Å². The Bertz CT molecular complexity index is 279. The third-order valence-electron chi connectivity index (χ3n) is 3.29. The highest BCUT2D eigenvalue weighted by Crippen LogP contribution is 2.25. The number of rotatable bonds is 2. The smallest absolute Gasteiger partial charge is 0.323 e. The molecule has 2 rings (SSSR count). The molecule has 0 bridgehead atoms. The molecule has 1 N–H and O–H groups in total. The van der Waals surface area contributed by atoms with Gasteiger partial charge in [-0.3, -0.25) is 10.1 Å². The Morgan fingerprint density at radius 3 is 2.65 bits per heavy atom. The second kappa shape index (κ2) is 4.94. The van der Waals surface area contributed by atoms with Gasteiger partial charge in [0.15, 0.2) is 0 Å². The zero-order valence-corrected chi connectivity index (χ0v) is 11.0. The first kappa shape index (κ1) is 12.8. The van der Waals surface area contributed by atoms with Crippen molar-refractivity contribution in [1.29, 1.82) is 0 Å². The molecule has 2 heterocycles. The van der Waals surface area contributed by atoms with Crippen molar-refractivity contribution in [3.8, 4) is 0 Å². The fourth-order valence-electron chi connectivity index (χ4n) is 2.54. The largest absolute Gasteiger partial charge is 0.459 e. The summed E-state index contributed by atoms with van der Waals surface area (Å²) in [7, 11) is 0. The van der Waals surface area contributed by atoms with Crippen molar-refractivity contribution in [1.82, 2.24) is 5.32 Å². The lowest BCUT2D eigenvalue weighted by atomic mass is 10.1. The Kier molecular flexibility index (Phi) is 3.73. The maximum atomic E-state index is 11.9. The highest BCUT2D eigenvalue weighted by Gasteiger charge is 2.37. The van der Waals surface area contributed by atoms with Crippen LogP contribution in [0.4, 0.5) is 0 Å². The second-order valence-electron chi connectivity index (χ2n) is 5.99. The SMILES string of the molecule is CC(C)(C)OC(=O)C1CCC(C2CCCO2)N1. The molecule has 3 atom stereocenters. The van der Waals surface area contributed by atoms with Gasteiger partial charge in [0.25, 0.3) is 0 Å². The van der Waals surface area contributed by atoms with Crippen LogP contribution in [0.15, 0.2) is 0 Å². The van der Waals surface area contributed by atoms with E-state index in [2.05, 4.69) is 5.32 Å². The summed E-state index contributed by atoms with van der Waals surface area (Å²) < 4.78 is 11.0. The first-order valence-electron chi connectivity index (χ1n) is 6.56. The molecular formula is C13H23NO3. The predicted molar refractivity (Wildman–Crippen MR) is 64.8 cm³/mol. The third kappa shape index (κ3) is 3.42. The average molecular weight is 241 g/mol. The van der Waals surface area contributed by atoms with E-state index < -0.39 is 5.60 Å². The minimum Gasteiger partial charge on any atom is -0.459 e. The Balaban J connectivity index is 1.82. The molecule has 0 aromatic rings. The molecule has 4 nitrogen and oxygen atoms in total. The highest BCUT2D eigenvalue weighted by molar-refractivity contribution is 5.76. The summed E-state index contributed by atoms with van der Waals surface area (Å²) in [5.41, 5.74) is -0.402. The van der Waals surface area contributed by atoms with Crippen LogP contribution in [0.5, 0.6) is 0 Å². The van der Waals surface area contributed by atoms with Crippen LogP contribution in [0.2, 0.25) is 0 Å². The van der Waals surface area contributed by atoms with E-state index in [9.17, 15) is 4.79 Å². The molecule has 0 radical (unpaired) electrons. The van der Waals surface area contributed by atoms with E-state index in [-0.39, 0.29) is 12.0 Å². The summed E-state index contributed by atoms with van der Waals surface area (Å²) in [6.45, 7) is 6.56. The number of hydrogen-bond acceptors (Lipinski definition) is 4. The van der Waals surface area contributed by atoms with E-state index in [0.717, 1.165) is 32.3 Å². The molecule has 2 aliphatic heterocycles. The van der Waals surface area contributed by atoms with E-state index in [1.54, 1.807) is 0 Å². The van der Waals surface area contributed by atoms with Crippen LogP contribution in [-0.2, 0) is 14.3 Å². The van der Waals surface area contributed by atoms with Crippen LogP contribution < -0.4 is 5.32 Å². The van der Waals surface area contributed by atoms with Gasteiger partial charge in [0.2, 0.25) is 0 Å². The molecule has 0 amide bonds. The molecular weight excluding hydrogens is 218 g/mol. The first-order chi connectivity index (χ1) is 7.96. The van der Waals surface area contributed by atoms with Gasteiger partial charge in [-0.05, 0) is 46.5 Å². The minimum atomic E-state index is -0.402. The van der Waals surface area contributed by atoms with Gasteiger partial charge in [0.05, 0.1) is 6.10 Å². The zero-order chi connectivity index (χ0) is 12.5. The molecule has 0 spiro atoms.